The van der Waals surface area contributed by atoms with Crippen LogP contribution in [-0.2, 0) is 9.16 Å². The van der Waals surface area contributed by atoms with Crippen LogP contribution in [0, 0.1) is 0 Å². The monoisotopic (exact) mass is 512 g/mol. The van der Waals surface area contributed by atoms with E-state index in [9.17, 15) is 5.11 Å². The Morgan fingerprint density at radius 2 is 1.38 bits per heavy atom. The number of aliphatic hydroxyl groups excluding tert-OH is 1. The Labute approximate surface area is 199 Å². The molecule has 1 fully saturated rings. The van der Waals surface area contributed by atoms with Crippen LogP contribution in [0.4, 0.5) is 0 Å². The van der Waals surface area contributed by atoms with E-state index in [1.807, 2.05) is 6.07 Å². The molecule has 5 heteroatoms. The van der Waals surface area contributed by atoms with E-state index in [1.54, 1.807) is 0 Å². The van der Waals surface area contributed by atoms with Gasteiger partial charge in [-0.05, 0) is 0 Å². The van der Waals surface area contributed by atoms with Crippen LogP contribution >= 0.6 is 0 Å². The van der Waals surface area contributed by atoms with Crippen LogP contribution in [0.5, 0.6) is 0 Å². The first kappa shape index (κ1) is 23.4. The molecule has 1 unspecified atom stereocenters. The standard InChI is InChI=1S/C27H32O3SeSi/c1-27(2,3)32(22-15-9-5-10-16-22,23-17-11-6-12-18-23)29-20-25-24(28)19-26(30-25)31-21-13-7-4-8-14-21/h4-18,24-26,28H,19-20H2,1-3H3/t24-,25+,26?/m0/s1. The van der Waals surface area contributed by atoms with E-state index < -0.39 is 14.4 Å². The van der Waals surface area contributed by atoms with Crippen molar-refractivity contribution in [2.24, 2.45) is 0 Å². The first-order chi connectivity index (χ1) is 15.4. The van der Waals surface area contributed by atoms with Crippen molar-refractivity contribution in [3.05, 3.63) is 91.0 Å². The molecule has 3 aromatic rings. The molecule has 32 heavy (non-hydrogen) atoms. The van der Waals surface area contributed by atoms with Gasteiger partial charge >= 0.3 is 199 Å². The molecule has 0 saturated carbocycles. The Kier molecular flexibility index (Phi) is 7.36. The normalized spacial score (nSPS) is 21.6. The van der Waals surface area contributed by atoms with Crippen LogP contribution in [0.15, 0.2) is 91.0 Å². The van der Waals surface area contributed by atoms with Crippen molar-refractivity contribution in [3.8, 4) is 0 Å². The number of hydrogen-bond acceptors (Lipinski definition) is 3. The van der Waals surface area contributed by atoms with Gasteiger partial charge in [0.2, 0.25) is 0 Å². The molecule has 3 atom stereocenters. The first-order valence-electron chi connectivity index (χ1n) is 11.2. The molecule has 1 aliphatic rings. The van der Waals surface area contributed by atoms with Crippen LogP contribution in [0.1, 0.15) is 27.2 Å². The van der Waals surface area contributed by atoms with Crippen LogP contribution in [0.2, 0.25) is 5.04 Å². The zero-order valence-electron chi connectivity index (χ0n) is 19.0. The Bertz CT molecular complexity index is 937. The molecule has 4 rings (SSSR count). The fraction of sp³-hybridized carbons (Fsp3) is 0.333. The van der Waals surface area contributed by atoms with Crippen molar-refractivity contribution in [1.82, 2.24) is 0 Å². The van der Waals surface area contributed by atoms with Crippen molar-refractivity contribution < 1.29 is 14.3 Å². The summed E-state index contributed by atoms with van der Waals surface area (Å²) in [5, 5.41) is 13.3. The summed E-state index contributed by atoms with van der Waals surface area (Å²) in [4.78, 5) is 0. The molecular weight excluding hydrogens is 479 g/mol. The van der Waals surface area contributed by atoms with Gasteiger partial charge in [0.05, 0.1) is 0 Å². The molecular formula is C27H32O3SeSi. The second-order valence-corrected chi connectivity index (χ2v) is 16.2. The fourth-order valence-corrected chi connectivity index (χ4v) is 11.4. The van der Waals surface area contributed by atoms with E-state index in [-0.39, 0.29) is 31.1 Å². The van der Waals surface area contributed by atoms with Gasteiger partial charge in [-0.2, -0.15) is 0 Å². The predicted molar refractivity (Wildman–Crippen MR) is 135 cm³/mol. The Balaban J connectivity index is 1.58. The molecule has 0 aromatic heterocycles. The van der Waals surface area contributed by atoms with Gasteiger partial charge in [0.1, 0.15) is 0 Å². The Hall–Kier alpha value is -1.72. The van der Waals surface area contributed by atoms with Gasteiger partial charge in [0.15, 0.2) is 0 Å². The number of aliphatic hydroxyl groups is 1. The molecule has 0 aliphatic carbocycles. The molecule has 1 heterocycles. The van der Waals surface area contributed by atoms with Gasteiger partial charge in [-0.1, -0.05) is 0 Å². The summed E-state index contributed by atoms with van der Waals surface area (Å²) in [5.74, 6) is 0. The third-order valence-electron chi connectivity index (χ3n) is 6.08. The molecule has 168 valence electrons. The molecule has 0 amide bonds. The molecule has 0 radical (unpaired) electrons. The predicted octanol–water partition coefficient (Wildman–Crippen LogP) is 3.07. The summed E-state index contributed by atoms with van der Waals surface area (Å²) in [6.45, 7) is 7.21. The van der Waals surface area contributed by atoms with Gasteiger partial charge in [-0.15, -0.1) is 0 Å². The Morgan fingerprint density at radius 1 is 0.875 bits per heavy atom. The van der Waals surface area contributed by atoms with Crippen LogP contribution in [0.3, 0.4) is 0 Å². The van der Waals surface area contributed by atoms with Crippen molar-refractivity contribution >= 4 is 38.1 Å². The molecule has 1 saturated heterocycles. The quantitative estimate of drug-likeness (QED) is 0.496. The van der Waals surface area contributed by atoms with E-state index in [1.165, 1.54) is 14.8 Å². The van der Waals surface area contributed by atoms with Gasteiger partial charge in [0, 0.05) is 0 Å². The third kappa shape index (κ3) is 4.94. The molecule has 1 aliphatic heterocycles. The van der Waals surface area contributed by atoms with E-state index >= 15 is 0 Å². The minimum absolute atomic E-state index is 0.0765. The van der Waals surface area contributed by atoms with Crippen molar-refractivity contribution in [3.63, 3.8) is 0 Å². The second kappa shape index (κ2) is 10.0. The van der Waals surface area contributed by atoms with Crippen molar-refractivity contribution in [1.29, 1.82) is 0 Å². The molecule has 3 aromatic carbocycles. The van der Waals surface area contributed by atoms with E-state index in [0.29, 0.717) is 13.0 Å². The minimum atomic E-state index is -2.63. The number of rotatable bonds is 7. The average Bonchev–Trinajstić information content (AvgIpc) is 3.14. The maximum atomic E-state index is 10.8. The average molecular weight is 512 g/mol. The molecule has 0 bridgehead atoms. The summed E-state index contributed by atoms with van der Waals surface area (Å²) < 4.78 is 14.6. The third-order valence-corrected chi connectivity index (χ3v) is 13.4. The van der Waals surface area contributed by atoms with E-state index in [4.69, 9.17) is 9.16 Å². The van der Waals surface area contributed by atoms with Crippen LogP contribution in [0.25, 0.3) is 0 Å². The van der Waals surface area contributed by atoms with Crippen molar-refractivity contribution in [2.75, 3.05) is 6.61 Å². The summed E-state index contributed by atoms with van der Waals surface area (Å²) in [6, 6.07) is 31.7. The first-order valence-corrected chi connectivity index (χ1v) is 15.0. The SMILES string of the molecule is CC(C)(C)[Si](OC[C@H]1OC([Se]c2ccccc2)C[C@@H]1O)(c1ccccc1)c1ccccc1. The Morgan fingerprint density at radius 3 is 1.88 bits per heavy atom. The van der Waals surface area contributed by atoms with E-state index in [2.05, 4.69) is 106 Å². The summed E-state index contributed by atoms with van der Waals surface area (Å²) in [6.07, 6.45) is -0.125. The number of ether oxygens (including phenoxy) is 1. The van der Waals surface area contributed by atoms with Crippen molar-refractivity contribution in [2.45, 2.75) is 49.4 Å². The zero-order valence-corrected chi connectivity index (χ0v) is 21.7. The fourth-order valence-electron chi connectivity index (χ4n) is 4.54. The summed E-state index contributed by atoms with van der Waals surface area (Å²) >= 11 is 0.175. The molecule has 3 nitrogen and oxygen atoms in total. The van der Waals surface area contributed by atoms with Gasteiger partial charge in [-0.25, -0.2) is 0 Å². The number of benzene rings is 3. The zero-order chi connectivity index (χ0) is 22.6. The molecule has 0 spiro atoms. The second-order valence-electron chi connectivity index (χ2n) is 9.31. The molecule has 1 N–H and O–H groups in total. The van der Waals surface area contributed by atoms with Gasteiger partial charge in [0.25, 0.3) is 0 Å². The van der Waals surface area contributed by atoms with Crippen LogP contribution < -0.4 is 14.8 Å². The van der Waals surface area contributed by atoms with Gasteiger partial charge < -0.3 is 0 Å². The van der Waals surface area contributed by atoms with Crippen LogP contribution in [-0.4, -0.2) is 52.2 Å². The van der Waals surface area contributed by atoms with Gasteiger partial charge in [-0.3, -0.25) is 0 Å². The summed E-state index contributed by atoms with van der Waals surface area (Å²) in [5.41, 5.74) is 0. The van der Waals surface area contributed by atoms with E-state index in [0.717, 1.165) is 0 Å². The maximum absolute atomic E-state index is 10.8. The topological polar surface area (TPSA) is 38.7 Å². The number of hydrogen-bond donors (Lipinski definition) is 1. The summed E-state index contributed by atoms with van der Waals surface area (Å²) in [7, 11) is -2.63.